The van der Waals surface area contributed by atoms with Crippen LogP contribution in [-0.4, -0.2) is 66.1 Å². The number of fused-ring (bicyclic) bond motifs is 1. The van der Waals surface area contributed by atoms with Gasteiger partial charge in [-0.2, -0.15) is 0 Å². The molecule has 0 aliphatic carbocycles. The fourth-order valence-corrected chi connectivity index (χ4v) is 3.60. The zero-order valence-corrected chi connectivity index (χ0v) is 15.6. The third-order valence-electron chi connectivity index (χ3n) is 5.14. The fraction of sp³-hybridized carbons (Fsp3) is 0.429. The molecule has 2 aromatic rings. The molecule has 0 saturated carbocycles. The molecule has 1 atom stereocenters. The highest BCUT2D eigenvalue weighted by molar-refractivity contribution is 5.84. The maximum atomic E-state index is 12.5. The molecule has 0 bridgehead atoms. The van der Waals surface area contributed by atoms with E-state index in [1.807, 2.05) is 59.3 Å². The summed E-state index contributed by atoms with van der Waals surface area (Å²) in [5.74, 6) is -0.154. The minimum atomic E-state index is -0.821. The number of nitrogens with zero attached hydrogens (tertiary/aromatic N) is 2. The number of carbonyl (C=O) groups excluding carboxylic acids is 1. The number of aliphatic carboxylic acids is 1. The Morgan fingerprint density at radius 2 is 1.93 bits per heavy atom. The third-order valence-corrected chi connectivity index (χ3v) is 5.14. The maximum Gasteiger partial charge on any atom is 0.317 e. The summed E-state index contributed by atoms with van der Waals surface area (Å²) in [6, 6.07) is 14.0. The summed E-state index contributed by atoms with van der Waals surface area (Å²) < 4.78 is 5.72. The number of carboxylic acid groups (broad SMARTS) is 1. The smallest absolute Gasteiger partial charge is 0.317 e. The lowest BCUT2D eigenvalue weighted by atomic mass is 10.1. The number of likely N-dealkylation sites (tertiary alicyclic amines) is 1. The lowest BCUT2D eigenvalue weighted by molar-refractivity contribution is -0.138. The van der Waals surface area contributed by atoms with Gasteiger partial charge in [0.05, 0.1) is 6.54 Å². The first-order valence-corrected chi connectivity index (χ1v) is 9.34. The van der Waals surface area contributed by atoms with Crippen molar-refractivity contribution in [3.05, 3.63) is 42.5 Å². The summed E-state index contributed by atoms with van der Waals surface area (Å²) >= 11 is 0. The molecule has 0 radical (unpaired) electrons. The molecule has 1 aliphatic rings. The van der Waals surface area contributed by atoms with Crippen LogP contribution in [0.15, 0.2) is 42.5 Å². The molecule has 0 spiro atoms. The topological polar surface area (TPSA) is 70.1 Å². The monoisotopic (exact) mass is 370 g/mol. The molecule has 0 aromatic heterocycles. The minimum Gasteiger partial charge on any atom is -0.484 e. The zero-order valence-electron chi connectivity index (χ0n) is 15.6. The highest BCUT2D eigenvalue weighted by Gasteiger charge is 2.24. The van der Waals surface area contributed by atoms with Crippen LogP contribution in [0.25, 0.3) is 10.8 Å². The van der Waals surface area contributed by atoms with Gasteiger partial charge in [-0.15, -0.1) is 0 Å². The molecule has 1 heterocycles. The van der Waals surface area contributed by atoms with Crippen LogP contribution < -0.4 is 4.74 Å². The predicted octanol–water partition coefficient (Wildman–Crippen LogP) is 2.62. The Balaban J connectivity index is 1.52. The summed E-state index contributed by atoms with van der Waals surface area (Å²) in [4.78, 5) is 27.1. The molecule has 1 unspecified atom stereocenters. The third kappa shape index (κ3) is 5.20. The molecule has 1 N–H and O–H groups in total. The van der Waals surface area contributed by atoms with E-state index in [1.54, 1.807) is 0 Å². The van der Waals surface area contributed by atoms with Crippen molar-refractivity contribution < 1.29 is 19.4 Å². The van der Waals surface area contributed by atoms with Crippen LogP contribution in [0, 0.1) is 0 Å². The van der Waals surface area contributed by atoms with Crippen LogP contribution in [0.5, 0.6) is 5.75 Å². The first kappa shape index (κ1) is 19.2. The van der Waals surface area contributed by atoms with Gasteiger partial charge in [0.15, 0.2) is 6.61 Å². The van der Waals surface area contributed by atoms with Gasteiger partial charge in [0.2, 0.25) is 0 Å². The van der Waals surface area contributed by atoms with Gasteiger partial charge in [0.25, 0.3) is 5.91 Å². The van der Waals surface area contributed by atoms with Gasteiger partial charge in [-0.25, -0.2) is 0 Å². The van der Waals surface area contributed by atoms with E-state index in [0.717, 1.165) is 30.0 Å². The molecule has 1 aliphatic heterocycles. The van der Waals surface area contributed by atoms with Gasteiger partial charge < -0.3 is 14.7 Å². The second-order valence-electron chi connectivity index (χ2n) is 7.07. The van der Waals surface area contributed by atoms with Crippen molar-refractivity contribution in [2.45, 2.75) is 25.3 Å². The van der Waals surface area contributed by atoms with Crippen molar-refractivity contribution >= 4 is 22.6 Å². The lowest BCUT2D eigenvalue weighted by Gasteiger charge is -2.25. The fourth-order valence-electron chi connectivity index (χ4n) is 3.60. The van der Waals surface area contributed by atoms with Gasteiger partial charge in [0.1, 0.15) is 5.75 Å². The molecule has 27 heavy (non-hydrogen) atoms. The van der Waals surface area contributed by atoms with Gasteiger partial charge in [0, 0.05) is 19.1 Å². The normalized spacial score (nSPS) is 17.7. The summed E-state index contributed by atoms with van der Waals surface area (Å²) in [7, 11) is 1.83. The number of carboxylic acids is 1. The second-order valence-corrected chi connectivity index (χ2v) is 7.07. The molecule has 3 rings (SSSR count). The maximum absolute atomic E-state index is 12.5. The van der Waals surface area contributed by atoms with Crippen molar-refractivity contribution in [3.63, 3.8) is 0 Å². The number of ether oxygens (including phenoxy) is 1. The SMILES string of the molecule is CN(CC(=O)O)C1CCCN(C(=O)COc2ccc3ccccc3c2)CC1. The van der Waals surface area contributed by atoms with Crippen molar-refractivity contribution in [1.29, 1.82) is 0 Å². The van der Waals surface area contributed by atoms with Crippen molar-refractivity contribution in [2.24, 2.45) is 0 Å². The Morgan fingerprint density at radius 1 is 1.15 bits per heavy atom. The molecule has 6 heteroatoms. The highest BCUT2D eigenvalue weighted by atomic mass is 16.5. The number of hydrogen-bond acceptors (Lipinski definition) is 4. The van der Waals surface area contributed by atoms with Gasteiger partial charge in [-0.1, -0.05) is 30.3 Å². The molecule has 144 valence electrons. The number of likely N-dealkylation sites (N-methyl/N-ethyl adjacent to an activating group) is 1. The van der Waals surface area contributed by atoms with Crippen molar-refractivity contribution in [3.8, 4) is 5.75 Å². The van der Waals surface area contributed by atoms with Crippen LogP contribution in [0.4, 0.5) is 0 Å². The van der Waals surface area contributed by atoms with E-state index in [9.17, 15) is 9.59 Å². The summed E-state index contributed by atoms with van der Waals surface area (Å²) in [6.45, 7) is 1.38. The summed E-state index contributed by atoms with van der Waals surface area (Å²) in [6.07, 6.45) is 2.56. The Labute approximate surface area is 159 Å². The zero-order chi connectivity index (χ0) is 19.2. The van der Waals surface area contributed by atoms with Crippen LogP contribution in [-0.2, 0) is 9.59 Å². The van der Waals surface area contributed by atoms with E-state index in [2.05, 4.69) is 0 Å². The van der Waals surface area contributed by atoms with Crippen LogP contribution in [0.2, 0.25) is 0 Å². The Kier molecular flexibility index (Phi) is 6.29. The number of benzene rings is 2. The average Bonchev–Trinajstić information content (AvgIpc) is 2.92. The summed E-state index contributed by atoms with van der Waals surface area (Å²) in [5.41, 5.74) is 0. The molecule has 1 fully saturated rings. The molecular formula is C21H26N2O4. The molecule has 2 aromatic carbocycles. The number of carbonyl (C=O) groups is 2. The Hall–Kier alpha value is -2.60. The van der Waals surface area contributed by atoms with E-state index >= 15 is 0 Å². The van der Waals surface area contributed by atoms with Crippen LogP contribution >= 0.6 is 0 Å². The highest BCUT2D eigenvalue weighted by Crippen LogP contribution is 2.21. The van der Waals surface area contributed by atoms with Gasteiger partial charge >= 0.3 is 5.97 Å². The van der Waals surface area contributed by atoms with Crippen LogP contribution in [0.3, 0.4) is 0 Å². The van der Waals surface area contributed by atoms with E-state index in [0.29, 0.717) is 18.8 Å². The Morgan fingerprint density at radius 3 is 2.70 bits per heavy atom. The largest absolute Gasteiger partial charge is 0.484 e. The number of rotatable bonds is 6. The Bertz CT molecular complexity index is 808. The predicted molar refractivity (Wildman–Crippen MR) is 104 cm³/mol. The molecular weight excluding hydrogens is 344 g/mol. The van der Waals surface area contributed by atoms with Gasteiger partial charge in [-0.3, -0.25) is 14.5 Å². The van der Waals surface area contributed by atoms with E-state index in [1.165, 1.54) is 0 Å². The molecule has 1 saturated heterocycles. The summed E-state index contributed by atoms with van der Waals surface area (Å²) in [5, 5.41) is 11.2. The van der Waals surface area contributed by atoms with E-state index < -0.39 is 5.97 Å². The molecule has 1 amide bonds. The van der Waals surface area contributed by atoms with E-state index in [-0.39, 0.29) is 25.1 Å². The van der Waals surface area contributed by atoms with Crippen molar-refractivity contribution in [1.82, 2.24) is 9.80 Å². The van der Waals surface area contributed by atoms with Gasteiger partial charge in [-0.05, 0) is 49.2 Å². The lowest BCUT2D eigenvalue weighted by Crippen LogP contribution is -2.38. The number of amides is 1. The molecule has 6 nitrogen and oxygen atoms in total. The first-order chi connectivity index (χ1) is 13.0. The quantitative estimate of drug-likeness (QED) is 0.846. The van der Waals surface area contributed by atoms with E-state index in [4.69, 9.17) is 9.84 Å². The number of hydrogen-bond donors (Lipinski definition) is 1. The first-order valence-electron chi connectivity index (χ1n) is 9.34. The second kappa shape index (κ2) is 8.86. The average molecular weight is 370 g/mol. The van der Waals surface area contributed by atoms with Crippen molar-refractivity contribution in [2.75, 3.05) is 33.3 Å². The van der Waals surface area contributed by atoms with Crippen LogP contribution in [0.1, 0.15) is 19.3 Å². The minimum absolute atomic E-state index is 0.0218. The standard InChI is InChI=1S/C21H26N2O4/c1-22(14-21(25)26)18-7-4-11-23(12-10-18)20(24)15-27-19-9-8-16-5-2-3-6-17(16)13-19/h2-3,5-6,8-9,13,18H,4,7,10-12,14-15H2,1H3,(H,25,26).